The van der Waals surface area contributed by atoms with Crippen LogP contribution in [-0.2, 0) is 4.74 Å². The number of rotatable bonds is 5. The van der Waals surface area contributed by atoms with Crippen molar-refractivity contribution in [2.24, 2.45) is 5.73 Å². The molecule has 5 heteroatoms. The van der Waals surface area contributed by atoms with Crippen LogP contribution in [0.25, 0.3) is 0 Å². The lowest BCUT2D eigenvalue weighted by molar-refractivity contribution is 0.112. The van der Waals surface area contributed by atoms with Crippen molar-refractivity contribution in [3.63, 3.8) is 0 Å². The van der Waals surface area contributed by atoms with Gasteiger partial charge in [0.05, 0.1) is 6.10 Å². The summed E-state index contributed by atoms with van der Waals surface area (Å²) in [6.07, 6.45) is 3.62. The van der Waals surface area contributed by atoms with Crippen molar-refractivity contribution in [2.75, 3.05) is 12.4 Å². The van der Waals surface area contributed by atoms with Gasteiger partial charge in [0, 0.05) is 24.4 Å². The summed E-state index contributed by atoms with van der Waals surface area (Å²) in [5.74, 6) is 0.762. The van der Waals surface area contributed by atoms with Crippen LogP contribution in [0.3, 0.4) is 0 Å². The van der Waals surface area contributed by atoms with Crippen LogP contribution in [0.2, 0.25) is 0 Å². The van der Waals surface area contributed by atoms with Crippen LogP contribution in [0.4, 0.5) is 10.5 Å². The van der Waals surface area contributed by atoms with Crippen LogP contribution in [0.15, 0.2) is 18.2 Å². The minimum absolute atomic E-state index is 0.252. The van der Waals surface area contributed by atoms with Crippen LogP contribution in [0.5, 0.6) is 5.75 Å². The number of amides is 1. The van der Waals surface area contributed by atoms with Gasteiger partial charge in [-0.3, -0.25) is 0 Å². The van der Waals surface area contributed by atoms with Crippen molar-refractivity contribution >= 4 is 11.8 Å². The Morgan fingerprint density at radius 3 is 2.70 bits per heavy atom. The van der Waals surface area contributed by atoms with Gasteiger partial charge in [0.1, 0.15) is 11.9 Å². The molecule has 3 N–H and O–H groups in total. The monoisotopic (exact) mass is 278 g/mol. The van der Waals surface area contributed by atoms with Crippen LogP contribution in [-0.4, -0.2) is 19.2 Å². The van der Waals surface area contributed by atoms with E-state index in [1.807, 2.05) is 25.2 Å². The van der Waals surface area contributed by atoms with E-state index in [1.165, 1.54) is 12.8 Å². The van der Waals surface area contributed by atoms with Crippen LogP contribution < -0.4 is 15.8 Å². The number of ether oxygens (including phenoxy) is 2. The van der Waals surface area contributed by atoms with Crippen LogP contribution in [0, 0.1) is 0 Å². The Kier molecular flexibility index (Phi) is 4.71. The number of carbonyl (C=O) groups excluding carboxylic acids is 1. The Hall–Kier alpha value is -1.91. The van der Waals surface area contributed by atoms with Gasteiger partial charge in [-0.25, -0.2) is 4.79 Å². The van der Waals surface area contributed by atoms with E-state index in [9.17, 15) is 4.79 Å². The second-order valence-corrected chi connectivity index (χ2v) is 5.11. The smallest absolute Gasteiger partial charge is 0.405 e. The number of carbonyl (C=O) groups is 1. The van der Waals surface area contributed by atoms with Crippen molar-refractivity contribution in [3.8, 4) is 5.75 Å². The molecule has 1 aromatic rings. The first-order chi connectivity index (χ1) is 9.60. The van der Waals surface area contributed by atoms with E-state index in [-0.39, 0.29) is 6.10 Å². The van der Waals surface area contributed by atoms with Gasteiger partial charge < -0.3 is 20.5 Å². The Labute approximate surface area is 119 Å². The minimum Gasteiger partial charge on any atom is -0.490 e. The molecule has 1 aliphatic carbocycles. The molecular formula is C15H22N2O3. The molecule has 0 bridgehead atoms. The van der Waals surface area contributed by atoms with Gasteiger partial charge in [-0.1, -0.05) is 0 Å². The molecule has 1 amide bonds. The predicted molar refractivity (Wildman–Crippen MR) is 78.0 cm³/mol. The van der Waals surface area contributed by atoms with E-state index in [1.54, 1.807) is 6.92 Å². The zero-order valence-corrected chi connectivity index (χ0v) is 12.0. The first-order valence-electron chi connectivity index (χ1n) is 7.04. The molecule has 5 nitrogen and oxygen atoms in total. The van der Waals surface area contributed by atoms with Gasteiger partial charge in [0.2, 0.25) is 0 Å². The molecule has 0 heterocycles. The zero-order valence-electron chi connectivity index (χ0n) is 12.0. The quantitative estimate of drug-likeness (QED) is 0.867. The standard InChI is InChI=1S/C15H22N2O3/c1-10(19-15(16)18)13-8-7-11(17-2)9-14(13)20-12-5-3-4-6-12/h7-10,12,17H,3-6H2,1-2H3,(H2,16,18). The summed E-state index contributed by atoms with van der Waals surface area (Å²) in [6, 6.07) is 5.77. The maximum Gasteiger partial charge on any atom is 0.405 e. The Morgan fingerprint density at radius 2 is 2.10 bits per heavy atom. The van der Waals surface area contributed by atoms with Gasteiger partial charge in [-0.2, -0.15) is 0 Å². The molecular weight excluding hydrogens is 256 g/mol. The van der Waals surface area contributed by atoms with E-state index >= 15 is 0 Å². The van der Waals surface area contributed by atoms with Gasteiger partial charge in [-0.05, 0) is 44.7 Å². The highest BCUT2D eigenvalue weighted by Crippen LogP contribution is 2.33. The molecule has 1 aromatic carbocycles. The van der Waals surface area contributed by atoms with E-state index in [2.05, 4.69) is 5.32 Å². The van der Waals surface area contributed by atoms with E-state index in [4.69, 9.17) is 15.2 Å². The van der Waals surface area contributed by atoms with E-state index in [0.29, 0.717) is 0 Å². The second-order valence-electron chi connectivity index (χ2n) is 5.11. The number of anilines is 1. The molecule has 20 heavy (non-hydrogen) atoms. The molecule has 0 radical (unpaired) electrons. The van der Waals surface area contributed by atoms with E-state index in [0.717, 1.165) is 29.8 Å². The Morgan fingerprint density at radius 1 is 1.40 bits per heavy atom. The van der Waals surface area contributed by atoms with Crippen molar-refractivity contribution < 1.29 is 14.3 Å². The number of benzene rings is 1. The number of nitrogens with two attached hydrogens (primary N) is 1. The molecule has 2 rings (SSSR count). The summed E-state index contributed by atoms with van der Waals surface area (Å²) < 4.78 is 11.1. The summed E-state index contributed by atoms with van der Waals surface area (Å²) >= 11 is 0. The maximum absolute atomic E-state index is 10.9. The van der Waals surface area contributed by atoms with Crippen molar-refractivity contribution in [1.82, 2.24) is 0 Å². The molecule has 1 aliphatic rings. The summed E-state index contributed by atoms with van der Waals surface area (Å²) in [7, 11) is 1.86. The van der Waals surface area contributed by atoms with Gasteiger partial charge in [-0.15, -0.1) is 0 Å². The highest BCUT2D eigenvalue weighted by Gasteiger charge is 2.21. The lowest BCUT2D eigenvalue weighted by Gasteiger charge is -2.20. The topological polar surface area (TPSA) is 73.6 Å². The van der Waals surface area contributed by atoms with Gasteiger partial charge in [0.25, 0.3) is 0 Å². The molecule has 1 saturated carbocycles. The summed E-state index contributed by atoms with van der Waals surface area (Å²) in [5, 5.41) is 3.09. The molecule has 1 unspecified atom stereocenters. The third-order valence-corrected chi connectivity index (χ3v) is 3.63. The van der Waals surface area contributed by atoms with Crippen molar-refractivity contribution in [2.45, 2.75) is 44.8 Å². The number of primary amides is 1. The number of nitrogens with one attached hydrogen (secondary N) is 1. The molecule has 1 atom stereocenters. The fourth-order valence-corrected chi connectivity index (χ4v) is 2.55. The molecule has 110 valence electrons. The molecule has 0 aliphatic heterocycles. The normalized spacial score (nSPS) is 16.7. The summed E-state index contributed by atoms with van der Waals surface area (Å²) in [6.45, 7) is 1.79. The third-order valence-electron chi connectivity index (χ3n) is 3.63. The fourth-order valence-electron chi connectivity index (χ4n) is 2.55. The van der Waals surface area contributed by atoms with Gasteiger partial charge >= 0.3 is 6.09 Å². The summed E-state index contributed by atoms with van der Waals surface area (Å²) in [5.41, 5.74) is 6.89. The van der Waals surface area contributed by atoms with Crippen molar-refractivity contribution in [1.29, 1.82) is 0 Å². The Balaban J connectivity index is 2.21. The van der Waals surface area contributed by atoms with E-state index < -0.39 is 12.2 Å². The zero-order chi connectivity index (χ0) is 14.5. The van der Waals surface area contributed by atoms with Gasteiger partial charge in [0.15, 0.2) is 0 Å². The lowest BCUT2D eigenvalue weighted by atomic mass is 10.1. The molecule has 0 aromatic heterocycles. The second kappa shape index (κ2) is 6.50. The van der Waals surface area contributed by atoms with Crippen LogP contribution >= 0.6 is 0 Å². The predicted octanol–water partition coefficient (Wildman–Crippen LogP) is 3.21. The maximum atomic E-state index is 10.9. The highest BCUT2D eigenvalue weighted by molar-refractivity contribution is 5.65. The molecule has 1 fully saturated rings. The Bertz CT molecular complexity index is 470. The van der Waals surface area contributed by atoms with Crippen molar-refractivity contribution in [3.05, 3.63) is 23.8 Å². The number of hydrogen-bond donors (Lipinski definition) is 2. The lowest BCUT2D eigenvalue weighted by Crippen LogP contribution is -2.18. The minimum atomic E-state index is -0.776. The molecule has 0 saturated heterocycles. The SMILES string of the molecule is CNc1ccc(C(C)OC(N)=O)c(OC2CCCC2)c1. The average molecular weight is 278 g/mol. The largest absolute Gasteiger partial charge is 0.490 e. The first-order valence-corrected chi connectivity index (χ1v) is 7.04. The average Bonchev–Trinajstić information content (AvgIpc) is 2.90. The number of hydrogen-bond acceptors (Lipinski definition) is 4. The molecule has 0 spiro atoms. The van der Waals surface area contributed by atoms with Crippen LogP contribution in [0.1, 0.15) is 44.3 Å². The third kappa shape index (κ3) is 3.56. The first kappa shape index (κ1) is 14.5. The fraction of sp³-hybridized carbons (Fsp3) is 0.533. The summed E-state index contributed by atoms with van der Waals surface area (Å²) in [4.78, 5) is 10.9. The highest BCUT2D eigenvalue weighted by atomic mass is 16.6.